The van der Waals surface area contributed by atoms with Crippen LogP contribution < -0.4 is 20.1 Å². The highest BCUT2D eigenvalue weighted by atomic mass is 16.6. The molecular weight excluding hydrogens is 414 g/mol. The predicted molar refractivity (Wildman–Crippen MR) is 117 cm³/mol. The van der Waals surface area contributed by atoms with E-state index in [9.17, 15) is 19.7 Å². The van der Waals surface area contributed by atoms with Crippen LogP contribution in [0.15, 0.2) is 66.7 Å². The molecule has 0 saturated heterocycles. The number of nitrogens with one attached hydrogen (secondary N) is 2. The van der Waals surface area contributed by atoms with E-state index in [-0.39, 0.29) is 29.5 Å². The minimum Gasteiger partial charge on any atom is -0.497 e. The number of nitro benzene ring substituents is 1. The molecular formula is C23H21N3O6. The van der Waals surface area contributed by atoms with E-state index >= 15 is 0 Å². The van der Waals surface area contributed by atoms with Crippen LogP contribution in [0.3, 0.4) is 0 Å². The lowest BCUT2D eigenvalue weighted by atomic mass is 10.1. The smallest absolute Gasteiger partial charge is 0.270 e. The van der Waals surface area contributed by atoms with Gasteiger partial charge in [-0.15, -0.1) is 0 Å². The molecule has 2 N–H and O–H groups in total. The second-order valence-corrected chi connectivity index (χ2v) is 6.68. The first kappa shape index (κ1) is 22.3. The van der Waals surface area contributed by atoms with Crippen molar-refractivity contribution in [1.82, 2.24) is 10.6 Å². The van der Waals surface area contributed by atoms with Gasteiger partial charge >= 0.3 is 0 Å². The minimum absolute atomic E-state index is 0.0115. The zero-order valence-corrected chi connectivity index (χ0v) is 17.5. The average molecular weight is 435 g/mol. The van der Waals surface area contributed by atoms with Crippen molar-refractivity contribution in [3.05, 3.63) is 93.5 Å². The highest BCUT2D eigenvalue weighted by Crippen LogP contribution is 2.30. The third-order valence-electron chi connectivity index (χ3n) is 4.58. The quantitative estimate of drug-likeness (QED) is 0.411. The molecule has 2 amide bonds. The van der Waals surface area contributed by atoms with Crippen LogP contribution in [0.1, 0.15) is 26.3 Å². The van der Waals surface area contributed by atoms with Gasteiger partial charge in [-0.2, -0.15) is 0 Å². The van der Waals surface area contributed by atoms with Crippen molar-refractivity contribution in [2.75, 3.05) is 14.2 Å². The fourth-order valence-corrected chi connectivity index (χ4v) is 2.91. The molecule has 0 aliphatic carbocycles. The lowest BCUT2D eigenvalue weighted by Gasteiger charge is -2.12. The Morgan fingerprint density at radius 2 is 1.69 bits per heavy atom. The molecule has 0 aliphatic heterocycles. The highest BCUT2D eigenvalue weighted by molar-refractivity contribution is 5.98. The SMILES string of the molecule is CNC(=O)c1cccc(CNC(=O)c2cc([N+](=O)[O-])ccc2Oc2ccc(OC)cc2)c1. The van der Waals surface area contributed by atoms with E-state index in [4.69, 9.17) is 9.47 Å². The summed E-state index contributed by atoms with van der Waals surface area (Å²) in [6, 6.07) is 17.3. The van der Waals surface area contributed by atoms with Crippen LogP contribution in [0.2, 0.25) is 0 Å². The van der Waals surface area contributed by atoms with Gasteiger partial charge in [-0.05, 0) is 48.0 Å². The number of carbonyl (C=O) groups is 2. The summed E-state index contributed by atoms with van der Waals surface area (Å²) in [5.41, 5.74) is 0.928. The van der Waals surface area contributed by atoms with E-state index in [0.29, 0.717) is 22.6 Å². The van der Waals surface area contributed by atoms with Gasteiger partial charge in [0.05, 0.1) is 17.6 Å². The van der Waals surface area contributed by atoms with Crippen molar-refractivity contribution < 1.29 is 24.0 Å². The number of benzene rings is 3. The van der Waals surface area contributed by atoms with Gasteiger partial charge in [0.1, 0.15) is 17.2 Å². The number of hydrogen-bond donors (Lipinski definition) is 2. The summed E-state index contributed by atoms with van der Waals surface area (Å²) in [6.45, 7) is 0.119. The molecule has 0 radical (unpaired) electrons. The average Bonchev–Trinajstić information content (AvgIpc) is 2.82. The molecule has 0 aromatic heterocycles. The van der Waals surface area contributed by atoms with E-state index in [2.05, 4.69) is 10.6 Å². The Morgan fingerprint density at radius 3 is 2.34 bits per heavy atom. The molecule has 3 aromatic rings. The number of amides is 2. The van der Waals surface area contributed by atoms with E-state index in [0.717, 1.165) is 6.07 Å². The van der Waals surface area contributed by atoms with Crippen molar-refractivity contribution in [2.45, 2.75) is 6.54 Å². The number of nitro groups is 1. The Balaban J connectivity index is 1.82. The summed E-state index contributed by atoms with van der Waals surface area (Å²) >= 11 is 0. The Kier molecular flexibility index (Phi) is 7.02. The van der Waals surface area contributed by atoms with Crippen molar-refractivity contribution in [1.29, 1.82) is 0 Å². The molecule has 164 valence electrons. The molecule has 0 aliphatic rings. The molecule has 0 saturated carbocycles. The highest BCUT2D eigenvalue weighted by Gasteiger charge is 2.19. The standard InChI is InChI=1S/C23H21N3O6/c1-24-22(27)16-5-3-4-15(12-16)14-25-23(28)20-13-17(26(29)30)6-11-21(20)32-19-9-7-18(31-2)8-10-19/h3-13H,14H2,1-2H3,(H,24,27)(H,25,28). The van der Waals surface area contributed by atoms with Crippen molar-refractivity contribution >= 4 is 17.5 Å². The molecule has 0 atom stereocenters. The summed E-state index contributed by atoms with van der Waals surface area (Å²) < 4.78 is 10.9. The fourth-order valence-electron chi connectivity index (χ4n) is 2.91. The van der Waals surface area contributed by atoms with Crippen LogP contribution in [0.5, 0.6) is 17.2 Å². The third-order valence-corrected chi connectivity index (χ3v) is 4.58. The number of rotatable bonds is 8. The second kappa shape index (κ2) is 10.1. The number of hydrogen-bond acceptors (Lipinski definition) is 6. The van der Waals surface area contributed by atoms with E-state index < -0.39 is 10.8 Å². The zero-order chi connectivity index (χ0) is 23.1. The maximum Gasteiger partial charge on any atom is 0.270 e. The van der Waals surface area contributed by atoms with Gasteiger partial charge in [0.2, 0.25) is 0 Å². The minimum atomic E-state index is -0.583. The largest absolute Gasteiger partial charge is 0.497 e. The zero-order valence-electron chi connectivity index (χ0n) is 17.5. The van der Waals surface area contributed by atoms with Crippen LogP contribution in [0.25, 0.3) is 0 Å². The number of carbonyl (C=O) groups excluding carboxylic acids is 2. The van der Waals surface area contributed by atoms with Gasteiger partial charge in [0, 0.05) is 31.3 Å². The Labute approximate surface area is 184 Å². The first-order chi connectivity index (χ1) is 15.4. The lowest BCUT2D eigenvalue weighted by Crippen LogP contribution is -2.24. The van der Waals surface area contributed by atoms with E-state index in [1.807, 2.05) is 0 Å². The van der Waals surface area contributed by atoms with Gasteiger partial charge in [0.15, 0.2) is 0 Å². The van der Waals surface area contributed by atoms with E-state index in [1.165, 1.54) is 19.2 Å². The summed E-state index contributed by atoms with van der Waals surface area (Å²) in [5, 5.41) is 16.5. The van der Waals surface area contributed by atoms with E-state index in [1.54, 1.807) is 55.6 Å². The molecule has 3 rings (SSSR count). The summed E-state index contributed by atoms with van der Waals surface area (Å²) in [6.07, 6.45) is 0. The van der Waals surface area contributed by atoms with Crippen LogP contribution in [-0.4, -0.2) is 30.9 Å². The van der Waals surface area contributed by atoms with Gasteiger partial charge in [-0.1, -0.05) is 12.1 Å². The molecule has 9 heteroatoms. The van der Waals surface area contributed by atoms with Gasteiger partial charge in [-0.3, -0.25) is 19.7 Å². The predicted octanol–water partition coefficient (Wildman–Crippen LogP) is 3.69. The fraction of sp³-hybridized carbons (Fsp3) is 0.130. The van der Waals surface area contributed by atoms with Gasteiger partial charge < -0.3 is 20.1 Å². The number of non-ortho nitro benzene ring substituents is 1. The lowest BCUT2D eigenvalue weighted by molar-refractivity contribution is -0.384. The Morgan fingerprint density at radius 1 is 0.969 bits per heavy atom. The maximum absolute atomic E-state index is 12.9. The molecule has 0 bridgehead atoms. The number of ether oxygens (including phenoxy) is 2. The summed E-state index contributed by atoms with van der Waals surface area (Å²) in [4.78, 5) is 35.3. The van der Waals surface area contributed by atoms with Gasteiger partial charge in [0.25, 0.3) is 17.5 Å². The summed E-state index contributed by atoms with van der Waals surface area (Å²) in [7, 11) is 3.07. The second-order valence-electron chi connectivity index (χ2n) is 6.68. The van der Waals surface area contributed by atoms with Crippen LogP contribution in [-0.2, 0) is 6.54 Å². The number of nitrogens with zero attached hydrogens (tertiary/aromatic N) is 1. The van der Waals surface area contributed by atoms with Crippen molar-refractivity contribution in [2.24, 2.45) is 0 Å². The molecule has 0 spiro atoms. The third kappa shape index (κ3) is 5.39. The first-order valence-corrected chi connectivity index (χ1v) is 9.61. The molecule has 0 unspecified atom stereocenters. The van der Waals surface area contributed by atoms with Gasteiger partial charge in [-0.25, -0.2) is 0 Å². The Hall–Kier alpha value is -4.40. The monoisotopic (exact) mass is 435 g/mol. The molecule has 32 heavy (non-hydrogen) atoms. The molecule has 9 nitrogen and oxygen atoms in total. The molecule has 3 aromatic carbocycles. The van der Waals surface area contributed by atoms with Crippen LogP contribution in [0.4, 0.5) is 5.69 Å². The molecule has 0 heterocycles. The normalized spacial score (nSPS) is 10.2. The van der Waals surface area contributed by atoms with Crippen molar-refractivity contribution in [3.63, 3.8) is 0 Å². The number of methoxy groups -OCH3 is 1. The van der Waals surface area contributed by atoms with Crippen LogP contribution in [0, 0.1) is 10.1 Å². The Bertz CT molecular complexity index is 1140. The maximum atomic E-state index is 12.9. The van der Waals surface area contributed by atoms with Crippen LogP contribution >= 0.6 is 0 Å². The first-order valence-electron chi connectivity index (χ1n) is 9.61. The molecule has 0 fully saturated rings. The topological polar surface area (TPSA) is 120 Å². The summed E-state index contributed by atoms with van der Waals surface area (Å²) in [5.74, 6) is 0.442. The van der Waals surface area contributed by atoms with Crippen molar-refractivity contribution in [3.8, 4) is 17.2 Å².